The van der Waals surface area contributed by atoms with Gasteiger partial charge in [-0.05, 0) is 72.0 Å². The number of rotatable bonds is 16. The summed E-state index contributed by atoms with van der Waals surface area (Å²) in [5.41, 5.74) is 5.37. The lowest BCUT2D eigenvalue weighted by Gasteiger charge is -2.18. The normalized spacial score (nSPS) is 10.7. The molecule has 0 amide bonds. The number of carbonyl (C=O) groups excluding carboxylic acids is 1. The van der Waals surface area contributed by atoms with E-state index in [0.29, 0.717) is 44.0 Å². The SMILES string of the molecule is C=CCc1c(OCCCOc2cc(OCc3ccccc3)c(-c3ccc(F)cc3)cc2CC)cccc1Sc1ccccc1C(=O)OC. The third kappa shape index (κ3) is 8.87. The van der Waals surface area contributed by atoms with E-state index in [-0.39, 0.29) is 11.8 Å². The molecule has 0 radical (unpaired) electrons. The molecule has 0 aromatic heterocycles. The lowest BCUT2D eigenvalue weighted by Crippen LogP contribution is -2.08. The maximum atomic E-state index is 13.7. The Labute approximate surface area is 286 Å². The second kappa shape index (κ2) is 17.2. The van der Waals surface area contributed by atoms with Crippen molar-refractivity contribution in [1.29, 1.82) is 0 Å². The van der Waals surface area contributed by atoms with E-state index in [9.17, 15) is 9.18 Å². The molecule has 0 aliphatic rings. The largest absolute Gasteiger partial charge is 0.493 e. The van der Waals surface area contributed by atoms with Gasteiger partial charge >= 0.3 is 5.97 Å². The Balaban J connectivity index is 1.28. The zero-order valence-corrected chi connectivity index (χ0v) is 28.1. The highest BCUT2D eigenvalue weighted by atomic mass is 32.2. The molecule has 0 unspecified atom stereocenters. The Morgan fingerprint density at radius 1 is 0.792 bits per heavy atom. The van der Waals surface area contributed by atoms with Crippen molar-refractivity contribution in [3.63, 3.8) is 0 Å². The molecule has 0 saturated heterocycles. The Morgan fingerprint density at radius 3 is 2.23 bits per heavy atom. The molecule has 0 fully saturated rings. The van der Waals surface area contributed by atoms with Crippen molar-refractivity contribution in [2.45, 2.75) is 42.6 Å². The number of esters is 1. The van der Waals surface area contributed by atoms with Crippen LogP contribution in [0.5, 0.6) is 17.2 Å². The van der Waals surface area contributed by atoms with Gasteiger partial charge in [0, 0.05) is 33.4 Å². The quantitative estimate of drug-likeness (QED) is 0.0596. The third-order valence-corrected chi connectivity index (χ3v) is 8.87. The van der Waals surface area contributed by atoms with E-state index < -0.39 is 0 Å². The van der Waals surface area contributed by atoms with Gasteiger partial charge in [-0.15, -0.1) is 6.58 Å². The molecule has 5 rings (SSSR count). The number of hydrogen-bond acceptors (Lipinski definition) is 6. The second-order valence-corrected chi connectivity index (χ2v) is 12.0. The highest BCUT2D eigenvalue weighted by Crippen LogP contribution is 2.39. The summed E-state index contributed by atoms with van der Waals surface area (Å²) in [4.78, 5) is 14.1. The molecule has 5 aromatic rings. The molecule has 5 aromatic carbocycles. The van der Waals surface area contributed by atoms with Crippen LogP contribution in [0, 0.1) is 5.82 Å². The summed E-state index contributed by atoms with van der Waals surface area (Å²) in [7, 11) is 1.38. The van der Waals surface area contributed by atoms with E-state index in [1.54, 1.807) is 18.2 Å². The van der Waals surface area contributed by atoms with Crippen molar-refractivity contribution in [1.82, 2.24) is 0 Å². The van der Waals surface area contributed by atoms with Crippen LogP contribution in [0.15, 0.2) is 132 Å². The molecule has 7 heteroatoms. The minimum absolute atomic E-state index is 0.283. The van der Waals surface area contributed by atoms with Gasteiger partial charge in [-0.25, -0.2) is 9.18 Å². The van der Waals surface area contributed by atoms with Gasteiger partial charge in [-0.1, -0.05) is 85.4 Å². The lowest BCUT2D eigenvalue weighted by atomic mass is 10.00. The average molecular weight is 663 g/mol. The molecular formula is C41H39FO5S. The Hall–Kier alpha value is -5.01. The van der Waals surface area contributed by atoms with E-state index >= 15 is 0 Å². The fraction of sp³-hybridized carbons (Fsp3) is 0.195. The monoisotopic (exact) mass is 662 g/mol. The second-order valence-electron chi connectivity index (χ2n) is 11.0. The van der Waals surface area contributed by atoms with E-state index in [2.05, 4.69) is 19.6 Å². The van der Waals surface area contributed by atoms with Gasteiger partial charge in [0.1, 0.15) is 29.7 Å². The molecule has 0 bridgehead atoms. The molecule has 246 valence electrons. The highest BCUT2D eigenvalue weighted by molar-refractivity contribution is 7.99. The van der Waals surface area contributed by atoms with Crippen molar-refractivity contribution < 1.29 is 28.1 Å². The van der Waals surface area contributed by atoms with Crippen LogP contribution in [0.2, 0.25) is 0 Å². The number of methoxy groups -OCH3 is 1. The summed E-state index contributed by atoms with van der Waals surface area (Å²) in [6.45, 7) is 7.31. The predicted molar refractivity (Wildman–Crippen MR) is 190 cm³/mol. The summed E-state index contributed by atoms with van der Waals surface area (Å²) in [6.07, 6.45) is 3.87. The number of allylic oxidation sites excluding steroid dienone is 1. The molecule has 0 spiro atoms. The first kappa shape index (κ1) is 34.3. The topological polar surface area (TPSA) is 54.0 Å². The maximum Gasteiger partial charge on any atom is 0.339 e. The first-order valence-corrected chi connectivity index (χ1v) is 16.8. The summed E-state index contributed by atoms with van der Waals surface area (Å²) >= 11 is 1.50. The van der Waals surface area contributed by atoms with Gasteiger partial charge < -0.3 is 18.9 Å². The fourth-order valence-corrected chi connectivity index (χ4v) is 6.32. The first-order valence-electron chi connectivity index (χ1n) is 15.9. The maximum absolute atomic E-state index is 13.7. The molecular weight excluding hydrogens is 624 g/mol. The lowest BCUT2D eigenvalue weighted by molar-refractivity contribution is 0.0596. The molecule has 0 heterocycles. The van der Waals surface area contributed by atoms with Gasteiger partial charge in [0.05, 0.1) is 25.9 Å². The number of halogens is 1. The third-order valence-electron chi connectivity index (χ3n) is 7.69. The van der Waals surface area contributed by atoms with Crippen LogP contribution in [0.3, 0.4) is 0 Å². The first-order chi connectivity index (χ1) is 23.5. The average Bonchev–Trinajstić information content (AvgIpc) is 3.12. The van der Waals surface area contributed by atoms with Crippen LogP contribution < -0.4 is 14.2 Å². The van der Waals surface area contributed by atoms with Crippen LogP contribution in [0.1, 0.15) is 40.4 Å². The standard InChI is InChI=1S/C41H39FO5S/c1-4-13-33-36(17-11-19-39(33)48-40-18-10-9-16-34(40)41(43)44-3)45-24-12-25-46-37-27-38(47-28-29-14-7-6-8-15-29)35(26-30(37)5-2)31-20-22-32(42)23-21-31/h4,6-11,14-23,26-27H,1,5,12-13,24-25,28H2,2-3H3. The van der Waals surface area contributed by atoms with Crippen LogP contribution >= 0.6 is 11.8 Å². The molecule has 5 nitrogen and oxygen atoms in total. The minimum Gasteiger partial charge on any atom is -0.493 e. The summed E-state index contributed by atoms with van der Waals surface area (Å²) < 4.78 is 37.6. The summed E-state index contributed by atoms with van der Waals surface area (Å²) in [5.74, 6) is 1.54. The van der Waals surface area contributed by atoms with Crippen LogP contribution in [-0.4, -0.2) is 26.3 Å². The number of ether oxygens (including phenoxy) is 4. The summed E-state index contributed by atoms with van der Waals surface area (Å²) in [6, 6.07) is 33.8. The van der Waals surface area contributed by atoms with Gasteiger partial charge in [0.2, 0.25) is 0 Å². The molecule has 0 atom stereocenters. The van der Waals surface area contributed by atoms with Crippen molar-refractivity contribution >= 4 is 17.7 Å². The van der Waals surface area contributed by atoms with Gasteiger partial charge in [-0.3, -0.25) is 0 Å². The highest BCUT2D eigenvalue weighted by Gasteiger charge is 2.17. The molecule has 48 heavy (non-hydrogen) atoms. The molecule has 0 saturated carbocycles. The predicted octanol–water partition coefficient (Wildman–Crippen LogP) is 10.1. The smallest absolute Gasteiger partial charge is 0.339 e. The Bertz CT molecular complexity index is 1820. The van der Waals surface area contributed by atoms with Crippen molar-refractivity contribution in [3.8, 4) is 28.4 Å². The minimum atomic E-state index is -0.373. The van der Waals surface area contributed by atoms with Crippen LogP contribution in [0.25, 0.3) is 11.1 Å². The van der Waals surface area contributed by atoms with Gasteiger partial charge in [0.15, 0.2) is 0 Å². The van der Waals surface area contributed by atoms with Crippen LogP contribution in [0.4, 0.5) is 4.39 Å². The van der Waals surface area contributed by atoms with E-state index in [0.717, 1.165) is 55.5 Å². The van der Waals surface area contributed by atoms with Crippen molar-refractivity contribution in [2.24, 2.45) is 0 Å². The number of aryl methyl sites for hydroxylation is 1. The van der Waals surface area contributed by atoms with E-state index in [1.165, 1.54) is 31.0 Å². The number of benzene rings is 5. The van der Waals surface area contributed by atoms with E-state index in [4.69, 9.17) is 18.9 Å². The number of carbonyl (C=O) groups is 1. The Kier molecular flexibility index (Phi) is 12.3. The Morgan fingerprint density at radius 2 is 1.50 bits per heavy atom. The summed E-state index contributed by atoms with van der Waals surface area (Å²) in [5, 5.41) is 0. The van der Waals surface area contributed by atoms with Gasteiger partial charge in [-0.2, -0.15) is 0 Å². The van der Waals surface area contributed by atoms with Gasteiger partial charge in [0.25, 0.3) is 0 Å². The van der Waals surface area contributed by atoms with Crippen molar-refractivity contribution in [2.75, 3.05) is 20.3 Å². The zero-order valence-electron chi connectivity index (χ0n) is 27.2. The molecule has 0 aliphatic heterocycles. The molecule has 0 aliphatic carbocycles. The fourth-order valence-electron chi connectivity index (χ4n) is 5.22. The zero-order chi connectivity index (χ0) is 33.7. The van der Waals surface area contributed by atoms with Crippen LogP contribution in [-0.2, 0) is 24.2 Å². The van der Waals surface area contributed by atoms with Crippen molar-refractivity contribution in [3.05, 3.63) is 150 Å². The number of hydrogen-bond donors (Lipinski definition) is 0. The van der Waals surface area contributed by atoms with E-state index in [1.807, 2.05) is 78.9 Å². The molecule has 0 N–H and O–H groups in total.